The number of nitrogens with one attached hydrogen (secondary N) is 3. The van der Waals surface area contributed by atoms with Gasteiger partial charge in [0.1, 0.15) is 6.54 Å². The van der Waals surface area contributed by atoms with Crippen LogP contribution in [0.4, 0.5) is 13.2 Å². The molecule has 1 saturated heterocycles. The van der Waals surface area contributed by atoms with Crippen molar-refractivity contribution < 1.29 is 26.4 Å². The maximum atomic E-state index is 12.1. The lowest BCUT2D eigenvalue weighted by molar-refractivity contribution is -0.121. The molecule has 6 nitrogen and oxygen atoms in total. The third kappa shape index (κ3) is 5.93. The molecule has 11 heteroatoms. The van der Waals surface area contributed by atoms with Crippen molar-refractivity contribution in [1.82, 2.24) is 15.4 Å². The van der Waals surface area contributed by atoms with Crippen LogP contribution in [0.1, 0.15) is 16.8 Å². The highest BCUT2D eigenvalue weighted by atomic mass is 35.5. The van der Waals surface area contributed by atoms with Crippen LogP contribution in [0.5, 0.6) is 0 Å². The zero-order valence-electron chi connectivity index (χ0n) is 12.4. The van der Waals surface area contributed by atoms with Crippen molar-refractivity contribution in [3.05, 3.63) is 29.8 Å². The molecule has 0 bridgehead atoms. The Balaban J connectivity index is 0.00000288. The van der Waals surface area contributed by atoms with E-state index < -0.39 is 22.7 Å². The molecule has 0 unspecified atom stereocenters. The van der Waals surface area contributed by atoms with E-state index >= 15 is 0 Å². The summed E-state index contributed by atoms with van der Waals surface area (Å²) in [7, 11) is -4.27. The Hall–Kier alpha value is -1.36. The Morgan fingerprint density at radius 2 is 1.88 bits per heavy atom. The molecule has 1 heterocycles. The molecule has 3 N–H and O–H groups in total. The first-order chi connectivity index (χ1) is 10.7. The Kier molecular flexibility index (Phi) is 7.02. The second kappa shape index (κ2) is 8.15. The summed E-state index contributed by atoms with van der Waals surface area (Å²) in [4.78, 5) is 11.6. The second-order valence-electron chi connectivity index (χ2n) is 5.13. The Morgan fingerprint density at radius 3 is 2.38 bits per heavy atom. The maximum absolute atomic E-state index is 12.1. The molecule has 1 aliphatic rings. The van der Waals surface area contributed by atoms with Gasteiger partial charge in [-0.15, -0.1) is 12.4 Å². The molecule has 1 aliphatic heterocycles. The predicted octanol–water partition coefficient (Wildman–Crippen LogP) is 1.04. The molecule has 0 saturated carbocycles. The Bertz CT molecular complexity index is 659. The van der Waals surface area contributed by atoms with Gasteiger partial charge in [0.15, 0.2) is 0 Å². The van der Waals surface area contributed by atoms with Crippen LogP contribution in [-0.2, 0) is 10.0 Å². The molecular weight excluding hydrogens is 371 g/mol. The number of halogens is 4. The van der Waals surface area contributed by atoms with Gasteiger partial charge in [-0.2, -0.15) is 13.2 Å². The lowest BCUT2D eigenvalue weighted by atomic mass is 10.2. The maximum Gasteiger partial charge on any atom is 0.402 e. The first kappa shape index (κ1) is 20.7. The van der Waals surface area contributed by atoms with E-state index in [4.69, 9.17) is 0 Å². The van der Waals surface area contributed by atoms with Crippen LogP contribution in [0.15, 0.2) is 29.2 Å². The lowest BCUT2D eigenvalue weighted by Crippen LogP contribution is -2.36. The Labute approximate surface area is 143 Å². The van der Waals surface area contributed by atoms with Gasteiger partial charge >= 0.3 is 6.18 Å². The van der Waals surface area contributed by atoms with E-state index in [-0.39, 0.29) is 34.8 Å². The zero-order chi connectivity index (χ0) is 17.1. The molecule has 1 aromatic carbocycles. The number of rotatable bonds is 5. The van der Waals surface area contributed by atoms with Crippen LogP contribution < -0.4 is 15.4 Å². The third-order valence-electron chi connectivity index (χ3n) is 3.28. The van der Waals surface area contributed by atoms with Gasteiger partial charge in [0.05, 0.1) is 4.90 Å². The molecule has 1 atom stereocenters. The molecular formula is C13H17ClF3N3O3S. The lowest BCUT2D eigenvalue weighted by Gasteiger charge is -2.12. The van der Waals surface area contributed by atoms with E-state index in [1.165, 1.54) is 16.9 Å². The molecule has 136 valence electrons. The fourth-order valence-electron chi connectivity index (χ4n) is 2.09. The van der Waals surface area contributed by atoms with Gasteiger partial charge in [-0.05, 0) is 37.2 Å². The van der Waals surface area contributed by atoms with Gasteiger partial charge in [-0.3, -0.25) is 4.79 Å². The topological polar surface area (TPSA) is 87.3 Å². The molecule has 0 radical (unpaired) electrons. The number of benzene rings is 1. The molecule has 0 aromatic heterocycles. The van der Waals surface area contributed by atoms with Gasteiger partial charge in [0, 0.05) is 18.2 Å². The van der Waals surface area contributed by atoms with E-state index in [1.807, 2.05) is 0 Å². The van der Waals surface area contributed by atoms with Gasteiger partial charge in [0.2, 0.25) is 10.0 Å². The predicted molar refractivity (Wildman–Crippen MR) is 83.7 cm³/mol. The highest BCUT2D eigenvalue weighted by Crippen LogP contribution is 2.16. The SMILES string of the molecule is Cl.O=C(N[C@H]1CCNC1)c1ccc(S(=O)(=O)NCC(F)(F)F)cc1. The summed E-state index contributed by atoms with van der Waals surface area (Å²) in [6.07, 6.45) is -3.83. The minimum atomic E-state index is -4.64. The van der Waals surface area contributed by atoms with Crippen molar-refractivity contribution in [2.24, 2.45) is 0 Å². The molecule has 0 spiro atoms. The molecule has 2 rings (SSSR count). The summed E-state index contributed by atoms with van der Waals surface area (Å²) in [5.41, 5.74) is 0.242. The van der Waals surface area contributed by atoms with Crippen molar-refractivity contribution in [2.75, 3.05) is 19.6 Å². The smallest absolute Gasteiger partial charge is 0.348 e. The number of amides is 1. The normalized spacial score (nSPS) is 18.0. The summed E-state index contributed by atoms with van der Waals surface area (Å²) in [5.74, 6) is -0.356. The van der Waals surface area contributed by atoms with E-state index in [0.29, 0.717) is 6.54 Å². The summed E-state index contributed by atoms with van der Waals surface area (Å²) < 4.78 is 61.1. The largest absolute Gasteiger partial charge is 0.402 e. The van der Waals surface area contributed by atoms with E-state index in [9.17, 15) is 26.4 Å². The molecule has 1 aromatic rings. The van der Waals surface area contributed by atoms with Crippen LogP contribution in [0.3, 0.4) is 0 Å². The van der Waals surface area contributed by atoms with Crippen LogP contribution in [-0.4, -0.2) is 46.2 Å². The highest BCUT2D eigenvalue weighted by molar-refractivity contribution is 7.89. The minimum absolute atomic E-state index is 0. The number of hydrogen-bond donors (Lipinski definition) is 3. The Morgan fingerprint density at radius 1 is 1.25 bits per heavy atom. The second-order valence-corrected chi connectivity index (χ2v) is 6.89. The van der Waals surface area contributed by atoms with Crippen LogP contribution in [0.2, 0.25) is 0 Å². The van der Waals surface area contributed by atoms with Crippen molar-refractivity contribution in [3.8, 4) is 0 Å². The standard InChI is InChI=1S/C13H16F3N3O3S.ClH/c14-13(15,16)8-18-23(21,22)11-3-1-9(2-4-11)12(20)19-10-5-6-17-7-10;/h1-4,10,17-18H,5-8H2,(H,19,20);1H/t10-;/m0./s1. The number of alkyl halides is 3. The van der Waals surface area contributed by atoms with Crippen molar-refractivity contribution >= 4 is 28.3 Å². The minimum Gasteiger partial charge on any atom is -0.348 e. The number of carbonyl (C=O) groups excluding carboxylic acids is 1. The third-order valence-corrected chi connectivity index (χ3v) is 4.70. The monoisotopic (exact) mass is 387 g/mol. The number of sulfonamides is 1. The highest BCUT2D eigenvalue weighted by Gasteiger charge is 2.30. The van der Waals surface area contributed by atoms with E-state index in [1.54, 1.807) is 0 Å². The number of carbonyl (C=O) groups is 1. The fraction of sp³-hybridized carbons (Fsp3) is 0.462. The van der Waals surface area contributed by atoms with Crippen LogP contribution in [0.25, 0.3) is 0 Å². The molecule has 1 amide bonds. The van der Waals surface area contributed by atoms with Crippen molar-refractivity contribution in [1.29, 1.82) is 0 Å². The van der Waals surface area contributed by atoms with Crippen LogP contribution >= 0.6 is 12.4 Å². The van der Waals surface area contributed by atoms with Crippen molar-refractivity contribution in [3.63, 3.8) is 0 Å². The van der Waals surface area contributed by atoms with E-state index in [2.05, 4.69) is 10.6 Å². The first-order valence-corrected chi connectivity index (χ1v) is 8.34. The first-order valence-electron chi connectivity index (χ1n) is 6.85. The molecule has 24 heavy (non-hydrogen) atoms. The molecule has 0 aliphatic carbocycles. The van der Waals surface area contributed by atoms with Gasteiger partial charge < -0.3 is 10.6 Å². The zero-order valence-corrected chi connectivity index (χ0v) is 14.0. The number of hydrogen-bond acceptors (Lipinski definition) is 4. The van der Waals surface area contributed by atoms with Gasteiger partial charge in [-0.1, -0.05) is 0 Å². The van der Waals surface area contributed by atoms with E-state index in [0.717, 1.165) is 25.1 Å². The summed E-state index contributed by atoms with van der Waals surface area (Å²) in [6.45, 7) is -0.168. The summed E-state index contributed by atoms with van der Waals surface area (Å²) in [6, 6.07) is 4.74. The fourth-order valence-corrected chi connectivity index (χ4v) is 3.11. The van der Waals surface area contributed by atoms with Crippen molar-refractivity contribution in [2.45, 2.75) is 23.5 Å². The average Bonchev–Trinajstić information content (AvgIpc) is 2.98. The van der Waals surface area contributed by atoms with Crippen LogP contribution in [0, 0.1) is 0 Å². The van der Waals surface area contributed by atoms with Gasteiger partial charge in [0.25, 0.3) is 5.91 Å². The summed E-state index contributed by atoms with van der Waals surface area (Å²) in [5, 5.41) is 5.87. The average molecular weight is 388 g/mol. The van der Waals surface area contributed by atoms with Gasteiger partial charge in [-0.25, -0.2) is 13.1 Å². The molecule has 1 fully saturated rings. The quantitative estimate of drug-likeness (QED) is 0.704. The summed E-state index contributed by atoms with van der Waals surface area (Å²) >= 11 is 0.